The van der Waals surface area contributed by atoms with Crippen molar-refractivity contribution in [2.24, 2.45) is 0 Å². The van der Waals surface area contributed by atoms with E-state index in [4.69, 9.17) is 4.74 Å². The number of rotatable bonds is 6. The van der Waals surface area contributed by atoms with Gasteiger partial charge < -0.3 is 25.4 Å². The molecule has 0 radical (unpaired) electrons. The molecule has 7 nitrogen and oxygen atoms in total. The van der Waals surface area contributed by atoms with Crippen molar-refractivity contribution in [2.75, 3.05) is 43.1 Å². The average molecular weight is 375 g/mol. The largest absolute Gasteiger partial charge is 0.394 e. The van der Waals surface area contributed by atoms with Gasteiger partial charge in [0.2, 0.25) is 5.91 Å². The third-order valence-corrected chi connectivity index (χ3v) is 4.93. The fourth-order valence-corrected chi connectivity index (χ4v) is 3.26. The topological polar surface area (TPSA) is 90.9 Å². The van der Waals surface area contributed by atoms with Crippen molar-refractivity contribution in [1.82, 2.24) is 5.32 Å². The third kappa shape index (κ3) is 4.60. The lowest BCUT2D eigenvalue weighted by Crippen LogP contribution is -2.46. The zero-order chi connectivity index (χ0) is 18.4. The van der Waals surface area contributed by atoms with Crippen molar-refractivity contribution in [3.63, 3.8) is 0 Å². The van der Waals surface area contributed by atoms with Crippen LogP contribution in [0.15, 0.2) is 41.8 Å². The summed E-state index contributed by atoms with van der Waals surface area (Å²) in [6.45, 7) is 2.62. The van der Waals surface area contributed by atoms with Gasteiger partial charge in [-0.3, -0.25) is 9.59 Å². The Kier molecular flexibility index (Phi) is 6.21. The maximum Gasteiger partial charge on any atom is 0.262 e. The van der Waals surface area contributed by atoms with E-state index in [1.165, 1.54) is 11.3 Å². The Labute approximate surface area is 155 Å². The summed E-state index contributed by atoms with van der Waals surface area (Å²) in [6.07, 6.45) is 0. The molecular weight excluding hydrogens is 354 g/mol. The lowest BCUT2D eigenvalue weighted by Gasteiger charge is -2.29. The molecule has 2 aromatic rings. The van der Waals surface area contributed by atoms with Gasteiger partial charge in [0, 0.05) is 24.5 Å². The van der Waals surface area contributed by atoms with Gasteiger partial charge >= 0.3 is 0 Å². The number of amides is 2. The Morgan fingerprint density at radius 3 is 2.54 bits per heavy atom. The molecule has 1 aliphatic heterocycles. The SMILES string of the molecule is O=C(NC(CO)C(=O)Nc1ccc(N2CCOCC2)cc1)c1cccs1. The zero-order valence-corrected chi connectivity index (χ0v) is 15.0. The van der Waals surface area contributed by atoms with Crippen LogP contribution in [0.25, 0.3) is 0 Å². The smallest absolute Gasteiger partial charge is 0.262 e. The monoisotopic (exact) mass is 375 g/mol. The minimum absolute atomic E-state index is 0.378. The standard InChI is InChI=1S/C18H21N3O4S/c22-12-15(20-18(24)16-2-1-11-26-16)17(23)19-13-3-5-14(6-4-13)21-7-9-25-10-8-21/h1-6,11,15,22H,7-10,12H2,(H,19,23)(H,20,24). The number of hydrogen-bond donors (Lipinski definition) is 3. The number of carbonyl (C=O) groups excluding carboxylic acids is 2. The van der Waals surface area contributed by atoms with Gasteiger partial charge in [0.25, 0.3) is 5.91 Å². The van der Waals surface area contributed by atoms with Crippen LogP contribution in [0.5, 0.6) is 0 Å². The lowest BCUT2D eigenvalue weighted by molar-refractivity contribution is -0.118. The van der Waals surface area contributed by atoms with Crippen LogP contribution in [0.1, 0.15) is 9.67 Å². The van der Waals surface area contributed by atoms with E-state index >= 15 is 0 Å². The summed E-state index contributed by atoms with van der Waals surface area (Å²) < 4.78 is 5.34. The Morgan fingerprint density at radius 1 is 1.19 bits per heavy atom. The molecule has 0 spiro atoms. The molecule has 1 unspecified atom stereocenters. The van der Waals surface area contributed by atoms with Gasteiger partial charge in [0.15, 0.2) is 0 Å². The number of benzene rings is 1. The van der Waals surface area contributed by atoms with Crippen molar-refractivity contribution < 1.29 is 19.4 Å². The predicted molar refractivity (Wildman–Crippen MR) is 101 cm³/mol. The van der Waals surface area contributed by atoms with Crippen molar-refractivity contribution in [1.29, 1.82) is 0 Å². The number of morpholine rings is 1. The molecule has 3 N–H and O–H groups in total. The maximum absolute atomic E-state index is 12.3. The van der Waals surface area contributed by atoms with Crippen LogP contribution >= 0.6 is 11.3 Å². The van der Waals surface area contributed by atoms with Gasteiger partial charge in [0.1, 0.15) is 6.04 Å². The molecule has 3 rings (SSSR count). The summed E-state index contributed by atoms with van der Waals surface area (Å²) in [6, 6.07) is 9.87. The Morgan fingerprint density at radius 2 is 1.92 bits per heavy atom. The van der Waals surface area contributed by atoms with Crippen LogP contribution in [0.3, 0.4) is 0 Å². The van der Waals surface area contributed by atoms with Gasteiger partial charge in [-0.2, -0.15) is 0 Å². The summed E-state index contributed by atoms with van der Waals surface area (Å²) in [4.78, 5) is 27.1. The van der Waals surface area contributed by atoms with Gasteiger partial charge in [-0.25, -0.2) is 0 Å². The van der Waals surface area contributed by atoms with E-state index in [9.17, 15) is 14.7 Å². The Hall–Kier alpha value is -2.42. The molecule has 1 atom stereocenters. The van der Waals surface area contributed by atoms with Crippen LogP contribution in [0, 0.1) is 0 Å². The van der Waals surface area contributed by atoms with E-state index in [1.54, 1.807) is 29.6 Å². The van der Waals surface area contributed by atoms with Gasteiger partial charge in [-0.05, 0) is 35.7 Å². The number of hydrogen-bond acceptors (Lipinski definition) is 6. The van der Waals surface area contributed by atoms with Crippen molar-refractivity contribution in [2.45, 2.75) is 6.04 Å². The number of ether oxygens (including phenoxy) is 1. The minimum atomic E-state index is -1.01. The zero-order valence-electron chi connectivity index (χ0n) is 14.2. The van der Waals surface area contributed by atoms with E-state index < -0.39 is 18.6 Å². The first-order valence-corrected chi connectivity index (χ1v) is 9.24. The second kappa shape index (κ2) is 8.79. The van der Waals surface area contributed by atoms with E-state index in [2.05, 4.69) is 15.5 Å². The van der Waals surface area contributed by atoms with Crippen LogP contribution in [-0.4, -0.2) is 55.9 Å². The molecule has 0 bridgehead atoms. The molecule has 1 fully saturated rings. The maximum atomic E-state index is 12.3. The molecule has 0 saturated carbocycles. The summed E-state index contributed by atoms with van der Waals surface area (Å²) in [5, 5.41) is 16.5. The second-order valence-corrected chi connectivity index (χ2v) is 6.77. The first kappa shape index (κ1) is 18.4. The molecule has 26 heavy (non-hydrogen) atoms. The molecule has 8 heteroatoms. The summed E-state index contributed by atoms with van der Waals surface area (Å²) in [7, 11) is 0. The second-order valence-electron chi connectivity index (χ2n) is 5.82. The molecule has 2 heterocycles. The van der Waals surface area contributed by atoms with E-state index in [0.29, 0.717) is 23.8 Å². The Bertz CT molecular complexity index is 727. The van der Waals surface area contributed by atoms with Crippen molar-refractivity contribution >= 4 is 34.5 Å². The fraction of sp³-hybridized carbons (Fsp3) is 0.333. The fourth-order valence-electron chi connectivity index (χ4n) is 2.64. The van der Waals surface area contributed by atoms with E-state index in [0.717, 1.165) is 18.8 Å². The molecular formula is C18H21N3O4S. The summed E-state index contributed by atoms with van der Waals surface area (Å²) in [5.74, 6) is -0.839. The van der Waals surface area contributed by atoms with Gasteiger partial charge in [-0.1, -0.05) is 6.07 Å². The highest BCUT2D eigenvalue weighted by Gasteiger charge is 2.21. The molecule has 0 aliphatic carbocycles. The Balaban J connectivity index is 1.57. The number of aliphatic hydroxyl groups is 1. The first-order chi connectivity index (χ1) is 12.7. The highest BCUT2D eigenvalue weighted by atomic mass is 32.1. The van der Waals surface area contributed by atoms with Gasteiger partial charge in [-0.15, -0.1) is 11.3 Å². The first-order valence-electron chi connectivity index (χ1n) is 8.36. The number of thiophene rings is 1. The van der Waals surface area contributed by atoms with E-state index in [1.807, 2.05) is 12.1 Å². The molecule has 1 aromatic carbocycles. The van der Waals surface area contributed by atoms with Crippen molar-refractivity contribution in [3.05, 3.63) is 46.7 Å². The summed E-state index contributed by atoms with van der Waals surface area (Å²) >= 11 is 1.28. The number of anilines is 2. The van der Waals surface area contributed by atoms with Gasteiger partial charge in [0.05, 0.1) is 24.7 Å². The number of aliphatic hydroxyl groups excluding tert-OH is 1. The number of nitrogens with zero attached hydrogens (tertiary/aromatic N) is 1. The normalized spacial score (nSPS) is 15.3. The van der Waals surface area contributed by atoms with Crippen LogP contribution in [0.2, 0.25) is 0 Å². The summed E-state index contributed by atoms with van der Waals surface area (Å²) in [5.41, 5.74) is 1.67. The predicted octanol–water partition coefficient (Wildman–Crippen LogP) is 1.31. The number of nitrogens with one attached hydrogen (secondary N) is 2. The average Bonchev–Trinajstić information content (AvgIpc) is 3.22. The molecule has 138 valence electrons. The highest BCUT2D eigenvalue weighted by Crippen LogP contribution is 2.19. The van der Waals surface area contributed by atoms with Crippen LogP contribution in [-0.2, 0) is 9.53 Å². The third-order valence-electron chi connectivity index (χ3n) is 4.06. The van der Waals surface area contributed by atoms with Crippen LogP contribution in [0.4, 0.5) is 11.4 Å². The quantitative estimate of drug-likeness (QED) is 0.708. The van der Waals surface area contributed by atoms with E-state index in [-0.39, 0.29) is 5.91 Å². The molecule has 1 saturated heterocycles. The highest BCUT2D eigenvalue weighted by molar-refractivity contribution is 7.12. The molecule has 2 amide bonds. The van der Waals surface area contributed by atoms with Crippen LogP contribution < -0.4 is 15.5 Å². The lowest BCUT2D eigenvalue weighted by atomic mass is 10.2. The number of carbonyl (C=O) groups is 2. The molecule has 1 aliphatic rings. The van der Waals surface area contributed by atoms with Crippen molar-refractivity contribution in [3.8, 4) is 0 Å². The minimum Gasteiger partial charge on any atom is -0.394 e. The molecule has 1 aromatic heterocycles.